The van der Waals surface area contributed by atoms with Gasteiger partial charge >= 0.3 is 39.1 Å². The fourth-order valence-corrected chi connectivity index (χ4v) is 16.7. The third-order valence-corrected chi connectivity index (χ3v) is 22.5. The number of nitrogens with one attached hydrogen (secondary N) is 10. The quantitative estimate of drug-likeness (QED) is 0.0143. The highest BCUT2D eigenvalue weighted by Crippen LogP contribution is 2.49. The van der Waals surface area contributed by atoms with Crippen molar-refractivity contribution >= 4 is 87.0 Å². The summed E-state index contributed by atoms with van der Waals surface area (Å²) >= 11 is 3.69. The van der Waals surface area contributed by atoms with Crippen molar-refractivity contribution in [3.8, 4) is 0 Å². The normalized spacial score (nSPS) is 25.5. The maximum atomic E-state index is 12.9. The fourth-order valence-electron chi connectivity index (χ4n) is 12.3. The number of hydrogen-bond acceptors (Lipinski definition) is 26. The Balaban J connectivity index is 0.000000342. The molecule has 38 nitrogen and oxygen atoms in total. The number of aromatic amines is 2. The standard InChI is InChI=1S/C40H63N10O13PS2.C20H35N6O9P/c1-60-21-28-27(63-64(58,59)61-2)19-34(62-28)50-20-24(37(54)48-40(50)57)11-12-33(53)43-15-18-49(16-13-41-31(51)9-5-3-7-29-35-25(22-65-29)44-38(55)46-35)17-14-42-32(52)10-6-4-8-30-36-26(23-66-30)45-39(56)47-36;1-32-13-16-15(35-36(30,31)33-2)11-18(34-16)26-12-14(19(28)24-20(26)29)3-4-17(27)23-7-10-25(8-5-21)9-6-22/h11-12,20,25-30,34-36H,3-10,13-19,21-23H2,1-2H3,(H,41,51)(H,42,52)(H,43,53)(H,58,59)(H2,44,46,55)(H2,45,47,56)(H,48,54,57);3-4,12,15-16,18H,5-11,13,21-22H2,1-2H3,(H,23,27)(H,30,31)(H,24,28,29)/b12-11+;4-3+. The van der Waals surface area contributed by atoms with Gasteiger partial charge in [0, 0.05) is 179 Å². The van der Waals surface area contributed by atoms with Crippen LogP contribution in [-0.2, 0) is 65.4 Å². The first kappa shape index (κ1) is 83.1. The molecule has 0 saturated carbocycles. The average molecular weight is 1520 g/mol. The van der Waals surface area contributed by atoms with E-state index >= 15 is 0 Å². The van der Waals surface area contributed by atoms with E-state index in [2.05, 4.69) is 61.5 Å². The number of unbranched alkanes of at least 4 members (excludes halogenated alkanes) is 2. The second-order valence-corrected chi connectivity index (χ2v) is 30.2. The second-order valence-electron chi connectivity index (χ2n) is 24.7. The highest BCUT2D eigenvalue weighted by Gasteiger charge is 2.46. The number of thioether (sulfide) groups is 2. The summed E-state index contributed by atoms with van der Waals surface area (Å²) in [5.74, 6) is 0.678. The number of hydrogen-bond donors (Lipinski definition) is 14. The third kappa shape index (κ3) is 26.2. The number of phosphoric acid groups is 2. The van der Waals surface area contributed by atoms with Gasteiger partial charge in [-0.2, -0.15) is 23.5 Å². The zero-order valence-electron chi connectivity index (χ0n) is 57.5. The topological polar surface area (TPSA) is 515 Å². The van der Waals surface area contributed by atoms with Gasteiger partial charge in [0.15, 0.2) is 0 Å². The summed E-state index contributed by atoms with van der Waals surface area (Å²) in [7, 11) is -3.88. The predicted molar refractivity (Wildman–Crippen MR) is 376 cm³/mol. The first-order chi connectivity index (χ1) is 48.8. The van der Waals surface area contributed by atoms with Crippen LogP contribution in [0.4, 0.5) is 9.59 Å². The van der Waals surface area contributed by atoms with Crippen LogP contribution < -0.4 is 76.5 Å². The smallest absolute Gasteiger partial charge is 0.382 e. The number of methoxy groups -OCH3 is 2. The monoisotopic (exact) mass is 1520 g/mol. The lowest BCUT2D eigenvalue weighted by molar-refractivity contribution is -0.121. The van der Waals surface area contributed by atoms with Crippen LogP contribution >= 0.6 is 39.2 Å². The van der Waals surface area contributed by atoms with E-state index in [0.29, 0.717) is 95.3 Å². The molecule has 6 aliphatic heterocycles. The van der Waals surface area contributed by atoms with Crippen LogP contribution in [-0.4, -0.2) is 265 Å². The molecule has 102 heavy (non-hydrogen) atoms. The molecule has 16 N–H and O–H groups in total. The summed E-state index contributed by atoms with van der Waals surface area (Å²) in [6.07, 6.45) is 7.52. The van der Waals surface area contributed by atoms with E-state index in [1.807, 2.05) is 33.3 Å². The molecule has 14 atom stereocenters. The molecule has 6 saturated heterocycles. The van der Waals surface area contributed by atoms with Gasteiger partial charge in [0.1, 0.15) is 36.9 Å². The number of carbonyl (C=O) groups is 6. The molecule has 0 aromatic carbocycles. The van der Waals surface area contributed by atoms with Crippen LogP contribution in [0.25, 0.3) is 12.2 Å². The number of rotatable bonds is 42. The van der Waals surface area contributed by atoms with Crippen molar-refractivity contribution in [3.05, 3.63) is 77.3 Å². The van der Waals surface area contributed by atoms with Gasteiger partial charge in [-0.05, 0) is 37.8 Å². The van der Waals surface area contributed by atoms with Gasteiger partial charge in [-0.15, -0.1) is 0 Å². The van der Waals surface area contributed by atoms with Gasteiger partial charge < -0.3 is 82.7 Å². The Morgan fingerprint density at radius 2 is 0.971 bits per heavy atom. The molecule has 0 radical (unpaired) electrons. The van der Waals surface area contributed by atoms with Crippen molar-refractivity contribution < 1.29 is 84.7 Å². The molecule has 8 heterocycles. The van der Waals surface area contributed by atoms with Crippen LogP contribution in [0.5, 0.6) is 0 Å². The van der Waals surface area contributed by atoms with Crippen LogP contribution in [0.1, 0.15) is 87.8 Å². The number of fused-ring (bicyclic) bond motifs is 2. The highest BCUT2D eigenvalue weighted by atomic mass is 32.2. The van der Waals surface area contributed by atoms with Gasteiger partial charge in [0.25, 0.3) is 11.1 Å². The molecule has 6 aliphatic rings. The van der Waals surface area contributed by atoms with Crippen LogP contribution in [0.2, 0.25) is 0 Å². The Morgan fingerprint density at radius 3 is 1.34 bits per heavy atom. The van der Waals surface area contributed by atoms with Crippen molar-refractivity contribution in [2.24, 2.45) is 11.5 Å². The first-order valence-electron chi connectivity index (χ1n) is 33.7. The SMILES string of the molecule is COCC1OC(n2cc(/C=C/C(=O)NCCN(CCN)CCN)c(=O)[nH]c2=O)CC1OP(=O)(O)OC.COCC1OC(n2cc(/C=C/C(=O)NCCN(CCNC(=O)CCCCC3SCC4NC(=O)NC43)CCNC(=O)CCCCC3SCC4NC(=O)NC43)c(=O)[nH]c2=O)CC1OP(=O)(O)OC. The van der Waals surface area contributed by atoms with Gasteiger partial charge in [-0.3, -0.25) is 75.8 Å². The van der Waals surface area contributed by atoms with Crippen molar-refractivity contribution in [3.63, 3.8) is 0 Å². The summed E-state index contributed by atoms with van der Waals surface area (Å²) in [6, 6.07) is 0.349. The second kappa shape index (κ2) is 41.5. The van der Waals surface area contributed by atoms with Gasteiger partial charge in [0.2, 0.25) is 23.6 Å². The number of ether oxygens (including phenoxy) is 4. The van der Waals surface area contributed by atoms with E-state index in [0.717, 1.165) is 79.5 Å². The number of H-pyrrole nitrogens is 2. The first-order valence-corrected chi connectivity index (χ1v) is 38.7. The number of phosphoric ester groups is 2. The van der Waals surface area contributed by atoms with E-state index < -0.39 is 86.8 Å². The number of nitrogens with zero attached hydrogens (tertiary/aromatic N) is 4. The number of amides is 8. The molecule has 6 fully saturated rings. The Morgan fingerprint density at radius 1 is 0.588 bits per heavy atom. The molecule has 2 aromatic heterocycles. The number of nitrogens with two attached hydrogens (primary N) is 2. The summed E-state index contributed by atoms with van der Waals surface area (Å²) in [4.78, 5) is 152. The molecular weight excluding hydrogens is 1420 g/mol. The average Bonchev–Trinajstić information content (AvgIpc) is 1.64. The lowest BCUT2D eigenvalue weighted by Crippen LogP contribution is -2.42. The van der Waals surface area contributed by atoms with E-state index in [-0.39, 0.29) is 91.8 Å². The predicted octanol–water partition coefficient (Wildman–Crippen LogP) is -2.33. The molecule has 14 unspecified atom stereocenters. The van der Waals surface area contributed by atoms with E-state index in [1.165, 1.54) is 44.8 Å². The number of aromatic nitrogens is 4. The zero-order chi connectivity index (χ0) is 73.9. The van der Waals surface area contributed by atoms with Gasteiger partial charge in [0.05, 0.1) is 48.5 Å². The molecule has 0 bridgehead atoms. The minimum Gasteiger partial charge on any atom is -0.382 e. The summed E-state index contributed by atoms with van der Waals surface area (Å²) in [6.45, 7) is 5.35. The Kier molecular flexibility index (Phi) is 33.8. The summed E-state index contributed by atoms with van der Waals surface area (Å²) in [5, 5.41) is 24.0. The Labute approximate surface area is 596 Å². The van der Waals surface area contributed by atoms with Gasteiger partial charge in [-0.25, -0.2) is 28.3 Å². The fraction of sp³-hybridized carbons (Fsp3) is 0.700. The molecule has 8 amide bonds. The van der Waals surface area contributed by atoms with Crippen LogP contribution in [0, 0.1) is 0 Å². The Bertz CT molecular complexity index is 3460. The molecule has 0 spiro atoms. The van der Waals surface area contributed by atoms with Crippen LogP contribution in [0.3, 0.4) is 0 Å². The van der Waals surface area contributed by atoms with E-state index in [1.54, 1.807) is 0 Å². The Hall–Kier alpha value is -6.14. The molecule has 42 heteroatoms. The van der Waals surface area contributed by atoms with Crippen molar-refractivity contribution in [1.29, 1.82) is 0 Å². The van der Waals surface area contributed by atoms with Crippen molar-refractivity contribution in [1.82, 2.24) is 71.4 Å². The minimum atomic E-state index is -4.41. The molecule has 572 valence electrons. The molecule has 8 rings (SSSR count). The number of carbonyl (C=O) groups excluding carboxylic acids is 6. The highest BCUT2D eigenvalue weighted by molar-refractivity contribution is 8.00. The number of urea groups is 2. The third-order valence-electron chi connectivity index (χ3n) is 17.5. The minimum absolute atomic E-state index is 0.000370. The maximum Gasteiger partial charge on any atom is 0.472 e. The summed E-state index contributed by atoms with van der Waals surface area (Å²) < 4.78 is 67.4. The lowest BCUT2D eigenvalue weighted by Gasteiger charge is -2.23. The largest absolute Gasteiger partial charge is 0.472 e. The molecule has 0 aliphatic carbocycles. The zero-order valence-corrected chi connectivity index (χ0v) is 60.9. The van der Waals surface area contributed by atoms with Gasteiger partial charge in [-0.1, -0.05) is 12.8 Å². The molecular formula is C60H98N16O22P2S2. The van der Waals surface area contributed by atoms with Crippen LogP contribution in [0.15, 0.2) is 43.7 Å². The van der Waals surface area contributed by atoms with E-state index in [9.17, 15) is 66.9 Å². The maximum absolute atomic E-state index is 12.9. The van der Waals surface area contributed by atoms with E-state index in [4.69, 9.17) is 39.5 Å². The molecule has 2 aromatic rings. The van der Waals surface area contributed by atoms with Crippen molar-refractivity contribution in [2.45, 2.75) is 136 Å². The van der Waals surface area contributed by atoms with Crippen molar-refractivity contribution in [2.75, 3.05) is 132 Å². The lowest BCUT2D eigenvalue weighted by atomic mass is 10.0. The summed E-state index contributed by atoms with van der Waals surface area (Å²) in [5.41, 5.74) is 8.10.